The van der Waals surface area contributed by atoms with Gasteiger partial charge in [-0.05, 0) is 64.9 Å². The van der Waals surface area contributed by atoms with E-state index in [0.717, 1.165) is 51.4 Å². The summed E-state index contributed by atoms with van der Waals surface area (Å²) >= 11 is 6.45. The van der Waals surface area contributed by atoms with Crippen LogP contribution in [-0.2, 0) is 16.1 Å². The topological polar surface area (TPSA) is 72.1 Å². The number of halogens is 2. The van der Waals surface area contributed by atoms with Crippen LogP contribution in [-0.4, -0.2) is 69.0 Å². The lowest BCUT2D eigenvalue weighted by Crippen LogP contribution is -3.00. The van der Waals surface area contributed by atoms with E-state index in [9.17, 15) is 4.79 Å². The molecule has 1 amide bonds. The first-order valence-corrected chi connectivity index (χ1v) is 11.1. The number of nitrogens with zero attached hydrogens (tertiary/aromatic N) is 1. The SMILES string of the molecule is CCOc1cc(CNCCCN2CCOCC2)cc(Cl)c1OCC(=O)NC(C)(C)C.[Cl-]. The first-order chi connectivity index (χ1) is 14.3. The van der Waals surface area contributed by atoms with Gasteiger partial charge in [-0.15, -0.1) is 0 Å². The summed E-state index contributed by atoms with van der Waals surface area (Å²) in [6, 6.07) is 3.78. The Kier molecular flexibility index (Phi) is 12.6. The number of carbonyl (C=O) groups is 1. The normalized spacial score (nSPS) is 14.6. The molecule has 1 saturated heterocycles. The molecule has 0 radical (unpaired) electrons. The highest BCUT2D eigenvalue weighted by Crippen LogP contribution is 2.36. The minimum absolute atomic E-state index is 0. The second-order valence-corrected chi connectivity index (χ2v) is 8.82. The maximum Gasteiger partial charge on any atom is 0.258 e. The van der Waals surface area contributed by atoms with Gasteiger partial charge in [0.15, 0.2) is 18.1 Å². The minimum Gasteiger partial charge on any atom is -1.00 e. The second kappa shape index (κ2) is 14.0. The van der Waals surface area contributed by atoms with Crippen LogP contribution >= 0.6 is 11.6 Å². The highest BCUT2D eigenvalue weighted by molar-refractivity contribution is 6.32. The fourth-order valence-electron chi connectivity index (χ4n) is 3.20. The number of carbonyl (C=O) groups excluding carboxylic acids is 1. The third-order valence-corrected chi connectivity index (χ3v) is 4.77. The van der Waals surface area contributed by atoms with Crippen LogP contribution in [0.2, 0.25) is 5.02 Å². The van der Waals surface area contributed by atoms with Crippen molar-refractivity contribution < 1.29 is 31.4 Å². The first-order valence-electron chi connectivity index (χ1n) is 10.7. The van der Waals surface area contributed by atoms with Crippen LogP contribution in [0.15, 0.2) is 12.1 Å². The summed E-state index contributed by atoms with van der Waals surface area (Å²) in [6.45, 7) is 14.4. The fourth-order valence-corrected chi connectivity index (χ4v) is 3.49. The third kappa shape index (κ3) is 10.7. The average molecular weight is 477 g/mol. The van der Waals surface area contributed by atoms with Crippen molar-refractivity contribution >= 4 is 17.5 Å². The van der Waals surface area contributed by atoms with Crippen LogP contribution in [0.5, 0.6) is 11.5 Å². The van der Waals surface area contributed by atoms with Gasteiger partial charge in [-0.1, -0.05) is 11.6 Å². The standard InChI is InChI=1S/C22H36ClN3O4.ClH/c1-5-29-19-14-17(15-24-7-6-8-26-9-11-28-12-10-26)13-18(23)21(19)30-16-20(27)25-22(2,3)4;/h13-14,24H,5-12,15-16H2,1-4H3,(H,25,27);1H/p-1. The fraction of sp³-hybridized carbons (Fsp3) is 0.682. The number of hydrogen-bond acceptors (Lipinski definition) is 6. The number of ether oxygens (including phenoxy) is 3. The van der Waals surface area contributed by atoms with Gasteiger partial charge >= 0.3 is 0 Å². The molecule has 7 nitrogen and oxygen atoms in total. The zero-order valence-corrected chi connectivity index (χ0v) is 20.6. The van der Waals surface area contributed by atoms with Gasteiger partial charge in [-0.2, -0.15) is 0 Å². The van der Waals surface area contributed by atoms with Crippen molar-refractivity contribution in [1.82, 2.24) is 15.5 Å². The molecule has 31 heavy (non-hydrogen) atoms. The molecule has 1 fully saturated rings. The highest BCUT2D eigenvalue weighted by atomic mass is 35.5. The Morgan fingerprint density at radius 2 is 1.94 bits per heavy atom. The van der Waals surface area contributed by atoms with E-state index in [1.807, 2.05) is 39.8 Å². The van der Waals surface area contributed by atoms with Gasteiger partial charge in [-0.3, -0.25) is 9.69 Å². The number of benzene rings is 1. The Morgan fingerprint density at radius 3 is 2.58 bits per heavy atom. The number of nitrogens with one attached hydrogen (secondary N) is 2. The summed E-state index contributed by atoms with van der Waals surface area (Å²) in [7, 11) is 0. The van der Waals surface area contributed by atoms with E-state index >= 15 is 0 Å². The summed E-state index contributed by atoms with van der Waals surface area (Å²) < 4.78 is 16.8. The van der Waals surface area contributed by atoms with Crippen LogP contribution in [0.25, 0.3) is 0 Å². The molecule has 1 aliphatic heterocycles. The summed E-state index contributed by atoms with van der Waals surface area (Å²) in [5, 5.41) is 6.76. The lowest BCUT2D eigenvalue weighted by molar-refractivity contribution is -0.124. The van der Waals surface area contributed by atoms with Crippen LogP contribution in [0.1, 0.15) is 39.7 Å². The van der Waals surface area contributed by atoms with Crippen LogP contribution < -0.4 is 32.5 Å². The Balaban J connectivity index is 0.00000480. The average Bonchev–Trinajstić information content (AvgIpc) is 2.67. The maximum atomic E-state index is 12.1. The molecule has 0 unspecified atom stereocenters. The molecule has 2 N–H and O–H groups in total. The molecule has 0 bridgehead atoms. The Labute approximate surface area is 197 Å². The number of rotatable bonds is 11. The van der Waals surface area contributed by atoms with E-state index in [2.05, 4.69) is 15.5 Å². The predicted octanol–water partition coefficient (Wildman–Crippen LogP) is -0.152. The molecule has 9 heteroatoms. The van der Waals surface area contributed by atoms with Crippen LogP contribution in [0, 0.1) is 0 Å². The minimum atomic E-state index is -0.315. The van der Waals surface area contributed by atoms with Crippen molar-refractivity contribution in [3.8, 4) is 11.5 Å². The third-order valence-electron chi connectivity index (χ3n) is 4.49. The lowest BCUT2D eigenvalue weighted by atomic mass is 10.1. The van der Waals surface area contributed by atoms with E-state index in [1.165, 1.54) is 0 Å². The Hall–Kier alpha value is -1.25. The van der Waals surface area contributed by atoms with Crippen molar-refractivity contribution in [1.29, 1.82) is 0 Å². The molecular weight excluding hydrogens is 441 g/mol. The van der Waals surface area contributed by atoms with E-state index in [-0.39, 0.29) is 30.5 Å². The van der Waals surface area contributed by atoms with Crippen molar-refractivity contribution in [2.24, 2.45) is 0 Å². The molecule has 0 spiro atoms. The molecule has 1 heterocycles. The molecule has 2 rings (SSSR count). The molecular formula is C22H36Cl2N3O4-. The Morgan fingerprint density at radius 1 is 1.23 bits per heavy atom. The largest absolute Gasteiger partial charge is 1.00 e. The van der Waals surface area contributed by atoms with Gasteiger partial charge in [0, 0.05) is 25.2 Å². The molecule has 1 aliphatic rings. The molecule has 0 aromatic heterocycles. The van der Waals surface area contributed by atoms with Crippen molar-refractivity contribution in [3.05, 3.63) is 22.7 Å². The zero-order chi connectivity index (χ0) is 22.0. The summed E-state index contributed by atoms with van der Waals surface area (Å²) in [4.78, 5) is 14.5. The van der Waals surface area contributed by atoms with Crippen molar-refractivity contribution in [3.63, 3.8) is 0 Å². The smallest absolute Gasteiger partial charge is 0.258 e. The number of morpholine rings is 1. The molecule has 178 valence electrons. The molecule has 1 aromatic carbocycles. The summed E-state index contributed by atoms with van der Waals surface area (Å²) in [5.74, 6) is 0.754. The highest BCUT2D eigenvalue weighted by Gasteiger charge is 2.17. The zero-order valence-electron chi connectivity index (χ0n) is 19.1. The lowest BCUT2D eigenvalue weighted by Gasteiger charge is -2.26. The van der Waals surface area contributed by atoms with Gasteiger partial charge < -0.3 is 37.3 Å². The van der Waals surface area contributed by atoms with Gasteiger partial charge in [0.25, 0.3) is 5.91 Å². The van der Waals surface area contributed by atoms with E-state index < -0.39 is 0 Å². The molecule has 0 atom stereocenters. The van der Waals surface area contributed by atoms with E-state index in [0.29, 0.717) is 29.7 Å². The van der Waals surface area contributed by atoms with Gasteiger partial charge in [0.1, 0.15) is 0 Å². The Bertz CT molecular complexity index is 677. The monoisotopic (exact) mass is 476 g/mol. The number of hydrogen-bond donors (Lipinski definition) is 2. The van der Waals surface area contributed by atoms with Crippen molar-refractivity contribution in [2.75, 3.05) is 52.6 Å². The summed E-state index contributed by atoms with van der Waals surface area (Å²) in [6.07, 6.45) is 1.08. The second-order valence-electron chi connectivity index (χ2n) is 8.41. The summed E-state index contributed by atoms with van der Waals surface area (Å²) in [5.41, 5.74) is 0.700. The molecule has 1 aromatic rings. The van der Waals surface area contributed by atoms with Crippen molar-refractivity contribution in [2.45, 2.75) is 46.2 Å². The van der Waals surface area contributed by atoms with Crippen LogP contribution in [0.3, 0.4) is 0 Å². The quantitative estimate of drug-likeness (QED) is 0.432. The van der Waals surface area contributed by atoms with E-state index in [1.54, 1.807) is 0 Å². The van der Waals surface area contributed by atoms with Gasteiger partial charge in [-0.25, -0.2) is 0 Å². The number of amides is 1. The molecule has 0 aliphatic carbocycles. The first kappa shape index (κ1) is 27.8. The molecule has 0 saturated carbocycles. The predicted molar refractivity (Wildman–Crippen MR) is 120 cm³/mol. The van der Waals surface area contributed by atoms with Gasteiger partial charge in [0.2, 0.25) is 0 Å². The van der Waals surface area contributed by atoms with Gasteiger partial charge in [0.05, 0.1) is 24.8 Å². The van der Waals surface area contributed by atoms with E-state index in [4.69, 9.17) is 25.8 Å². The van der Waals surface area contributed by atoms with Crippen LogP contribution in [0.4, 0.5) is 0 Å². The maximum absolute atomic E-state index is 12.1.